The van der Waals surface area contributed by atoms with Crippen LogP contribution in [0.15, 0.2) is 24.3 Å². The molecule has 5 atom stereocenters. The minimum absolute atomic E-state index is 0.267. The lowest BCUT2D eigenvalue weighted by Gasteiger charge is -2.05. The van der Waals surface area contributed by atoms with Gasteiger partial charge in [-0.1, -0.05) is 37.8 Å². The Morgan fingerprint density at radius 2 is 1.71 bits per heavy atom. The molecular formula is C23H32O5. The van der Waals surface area contributed by atoms with Crippen LogP contribution in [0, 0.1) is 0 Å². The van der Waals surface area contributed by atoms with E-state index in [1.165, 1.54) is 51.0 Å². The number of rotatable bonds is 13. The summed E-state index contributed by atoms with van der Waals surface area (Å²) in [7, 11) is 0. The van der Waals surface area contributed by atoms with E-state index in [1.54, 1.807) is 0 Å². The number of esters is 1. The molecule has 1 aromatic carbocycles. The molecule has 0 saturated carbocycles. The highest BCUT2D eigenvalue weighted by Crippen LogP contribution is 2.40. The SMILES string of the molecule is CC(=O)Oc1cccc(CCCCCCCC2OC2CC2OC2CC2CO2)c1. The zero-order valence-corrected chi connectivity index (χ0v) is 16.8. The van der Waals surface area contributed by atoms with Crippen molar-refractivity contribution in [1.82, 2.24) is 0 Å². The summed E-state index contributed by atoms with van der Waals surface area (Å²) in [5, 5.41) is 0. The van der Waals surface area contributed by atoms with E-state index in [2.05, 4.69) is 6.07 Å². The quantitative estimate of drug-likeness (QED) is 0.219. The van der Waals surface area contributed by atoms with Gasteiger partial charge in [0.25, 0.3) is 0 Å². The van der Waals surface area contributed by atoms with Gasteiger partial charge in [0.2, 0.25) is 0 Å². The molecule has 0 aromatic heterocycles. The summed E-state index contributed by atoms with van der Waals surface area (Å²) in [6.07, 6.45) is 12.9. The molecule has 0 aliphatic carbocycles. The van der Waals surface area contributed by atoms with Gasteiger partial charge in [-0.05, 0) is 37.0 Å². The fraction of sp³-hybridized carbons (Fsp3) is 0.696. The maximum atomic E-state index is 11.0. The lowest BCUT2D eigenvalue weighted by molar-refractivity contribution is -0.131. The van der Waals surface area contributed by atoms with Crippen molar-refractivity contribution in [3.8, 4) is 5.75 Å². The molecular weight excluding hydrogens is 356 g/mol. The number of carbonyl (C=O) groups is 1. The summed E-state index contributed by atoms with van der Waals surface area (Å²) < 4.78 is 21.9. The first-order chi connectivity index (χ1) is 13.7. The second kappa shape index (κ2) is 9.38. The molecule has 5 heteroatoms. The molecule has 0 bridgehead atoms. The maximum Gasteiger partial charge on any atom is 0.308 e. The van der Waals surface area contributed by atoms with Gasteiger partial charge in [0.1, 0.15) is 5.75 Å². The fourth-order valence-electron chi connectivity index (χ4n) is 4.06. The standard InChI is InChI=1S/C23H32O5/c1-16(24)26-18-10-7-9-17(12-18)8-5-3-2-4-6-11-20-22(27-20)14-23-21(28-23)13-19-15-25-19/h7,9-10,12,19-23H,2-6,8,11,13-15H2,1H3. The molecule has 0 amide bonds. The smallest absolute Gasteiger partial charge is 0.308 e. The number of unbranched alkanes of at least 4 members (excludes halogenated alkanes) is 4. The first-order valence-corrected chi connectivity index (χ1v) is 10.9. The van der Waals surface area contributed by atoms with E-state index in [1.807, 2.05) is 18.2 Å². The monoisotopic (exact) mass is 388 g/mol. The highest BCUT2D eigenvalue weighted by Gasteiger charge is 2.49. The molecule has 0 spiro atoms. The zero-order valence-electron chi connectivity index (χ0n) is 16.8. The van der Waals surface area contributed by atoms with Gasteiger partial charge in [-0.2, -0.15) is 0 Å². The lowest BCUT2D eigenvalue weighted by atomic mass is 10.0. The van der Waals surface area contributed by atoms with Crippen LogP contribution in [0.2, 0.25) is 0 Å². The average molecular weight is 389 g/mol. The molecule has 1 aromatic rings. The minimum atomic E-state index is -0.267. The fourth-order valence-corrected chi connectivity index (χ4v) is 4.06. The summed E-state index contributed by atoms with van der Waals surface area (Å²) >= 11 is 0. The Labute approximate surface area is 167 Å². The number of carbonyl (C=O) groups excluding carboxylic acids is 1. The van der Waals surface area contributed by atoms with Gasteiger partial charge in [0, 0.05) is 19.8 Å². The number of epoxide rings is 3. The van der Waals surface area contributed by atoms with Crippen molar-refractivity contribution >= 4 is 5.97 Å². The molecule has 3 heterocycles. The van der Waals surface area contributed by atoms with Crippen LogP contribution in [0.1, 0.15) is 63.9 Å². The third kappa shape index (κ3) is 6.57. The van der Waals surface area contributed by atoms with Gasteiger partial charge < -0.3 is 18.9 Å². The first kappa shape index (κ1) is 19.9. The van der Waals surface area contributed by atoms with Gasteiger partial charge in [0.05, 0.1) is 37.1 Å². The van der Waals surface area contributed by atoms with Gasteiger partial charge in [0.15, 0.2) is 0 Å². The molecule has 3 saturated heterocycles. The molecule has 4 rings (SSSR count). The van der Waals surface area contributed by atoms with Crippen LogP contribution in [0.3, 0.4) is 0 Å². The van der Waals surface area contributed by atoms with Crippen molar-refractivity contribution in [2.24, 2.45) is 0 Å². The predicted molar refractivity (Wildman–Crippen MR) is 105 cm³/mol. The summed E-state index contributed by atoms with van der Waals surface area (Å²) in [5.41, 5.74) is 1.24. The molecule has 5 unspecified atom stereocenters. The second-order valence-corrected chi connectivity index (χ2v) is 8.40. The molecule has 154 valence electrons. The molecule has 0 N–H and O–H groups in total. The summed E-state index contributed by atoms with van der Waals surface area (Å²) in [5.74, 6) is 0.379. The van der Waals surface area contributed by atoms with Crippen molar-refractivity contribution in [3.05, 3.63) is 29.8 Å². The third-order valence-corrected chi connectivity index (χ3v) is 5.85. The summed E-state index contributed by atoms with van der Waals surface area (Å²) in [6, 6.07) is 7.85. The molecule has 3 fully saturated rings. The topological polar surface area (TPSA) is 63.9 Å². The number of aryl methyl sites for hydroxylation is 1. The normalized spacial score (nSPS) is 30.1. The van der Waals surface area contributed by atoms with Gasteiger partial charge in [-0.15, -0.1) is 0 Å². The Morgan fingerprint density at radius 3 is 2.54 bits per heavy atom. The van der Waals surface area contributed by atoms with Gasteiger partial charge in [-0.3, -0.25) is 4.79 Å². The van der Waals surface area contributed by atoms with Crippen LogP contribution >= 0.6 is 0 Å². The minimum Gasteiger partial charge on any atom is -0.427 e. The van der Waals surface area contributed by atoms with Crippen molar-refractivity contribution < 1.29 is 23.7 Å². The Bertz CT molecular complexity index is 656. The second-order valence-electron chi connectivity index (χ2n) is 8.40. The molecule has 3 aliphatic heterocycles. The van der Waals surface area contributed by atoms with Gasteiger partial charge >= 0.3 is 5.97 Å². The number of benzene rings is 1. The van der Waals surface area contributed by atoms with E-state index in [0.717, 1.165) is 25.9 Å². The highest BCUT2D eigenvalue weighted by atomic mass is 16.6. The largest absolute Gasteiger partial charge is 0.427 e. The summed E-state index contributed by atoms with van der Waals surface area (Å²) in [4.78, 5) is 11.0. The number of ether oxygens (including phenoxy) is 4. The molecule has 5 nitrogen and oxygen atoms in total. The van der Waals surface area contributed by atoms with Crippen molar-refractivity contribution in [2.45, 2.75) is 95.2 Å². The molecule has 0 radical (unpaired) electrons. The Balaban J connectivity index is 0.986. The molecule has 28 heavy (non-hydrogen) atoms. The van der Waals surface area contributed by atoms with E-state index >= 15 is 0 Å². The van der Waals surface area contributed by atoms with Gasteiger partial charge in [-0.25, -0.2) is 0 Å². The third-order valence-electron chi connectivity index (χ3n) is 5.85. The molecule has 3 aliphatic rings. The van der Waals surface area contributed by atoms with Crippen LogP contribution in [-0.4, -0.2) is 43.1 Å². The summed E-state index contributed by atoms with van der Waals surface area (Å²) in [6.45, 7) is 2.36. The highest BCUT2D eigenvalue weighted by molar-refractivity contribution is 5.69. The average Bonchev–Trinajstić information content (AvgIpc) is 3.53. The first-order valence-electron chi connectivity index (χ1n) is 10.9. The lowest BCUT2D eigenvalue weighted by Crippen LogP contribution is -2.03. The van der Waals surface area contributed by atoms with Crippen LogP contribution in [0.5, 0.6) is 5.75 Å². The Morgan fingerprint density at radius 1 is 1.00 bits per heavy atom. The van der Waals surface area contributed by atoms with Crippen LogP contribution in [0.4, 0.5) is 0 Å². The predicted octanol–water partition coefficient (Wildman–Crippen LogP) is 4.21. The Kier molecular flexibility index (Phi) is 6.65. The van der Waals surface area contributed by atoms with E-state index in [4.69, 9.17) is 18.9 Å². The van der Waals surface area contributed by atoms with Crippen molar-refractivity contribution in [3.63, 3.8) is 0 Å². The van der Waals surface area contributed by atoms with E-state index in [9.17, 15) is 4.79 Å². The maximum absolute atomic E-state index is 11.0. The van der Waals surface area contributed by atoms with Crippen molar-refractivity contribution in [1.29, 1.82) is 0 Å². The van der Waals surface area contributed by atoms with Crippen LogP contribution < -0.4 is 4.74 Å². The van der Waals surface area contributed by atoms with Crippen molar-refractivity contribution in [2.75, 3.05) is 6.61 Å². The number of hydrogen-bond donors (Lipinski definition) is 0. The van der Waals surface area contributed by atoms with Crippen LogP contribution in [-0.2, 0) is 25.4 Å². The van der Waals surface area contributed by atoms with E-state index in [0.29, 0.717) is 36.3 Å². The van der Waals surface area contributed by atoms with E-state index < -0.39 is 0 Å². The Hall–Kier alpha value is -1.43. The van der Waals surface area contributed by atoms with E-state index in [-0.39, 0.29) is 5.97 Å². The number of hydrogen-bond acceptors (Lipinski definition) is 5. The van der Waals surface area contributed by atoms with Crippen LogP contribution in [0.25, 0.3) is 0 Å². The zero-order chi connectivity index (χ0) is 19.3.